The molecule has 0 saturated heterocycles. The molecule has 0 unspecified atom stereocenters. The first-order chi connectivity index (χ1) is 12.1. The molecular weight excluding hydrogens is 320 g/mol. The molecule has 2 aromatic rings. The second-order valence-corrected chi connectivity index (χ2v) is 5.24. The number of amides is 1. The third-order valence-corrected chi connectivity index (χ3v) is 3.52. The lowest BCUT2D eigenvalue weighted by Gasteiger charge is -2.11. The van der Waals surface area contributed by atoms with E-state index in [1.807, 2.05) is 24.3 Å². The minimum Gasteiger partial charge on any atom is -0.496 e. The van der Waals surface area contributed by atoms with Gasteiger partial charge >= 0.3 is 5.97 Å². The van der Waals surface area contributed by atoms with Gasteiger partial charge in [0.15, 0.2) is 0 Å². The third kappa shape index (κ3) is 5.53. The lowest BCUT2D eigenvalue weighted by atomic mass is 10.2. The maximum absolute atomic E-state index is 12.0. The quantitative estimate of drug-likeness (QED) is 0.721. The fraction of sp³-hybridized carbons (Fsp3) is 0.263. The van der Waals surface area contributed by atoms with Gasteiger partial charge in [0.25, 0.3) is 0 Å². The van der Waals surface area contributed by atoms with E-state index in [4.69, 9.17) is 9.47 Å². The largest absolute Gasteiger partial charge is 0.496 e. The number of carbonyl (C=O) groups excluding carboxylic acids is 2. The summed E-state index contributed by atoms with van der Waals surface area (Å²) in [5, 5.41) is 5.85. The summed E-state index contributed by atoms with van der Waals surface area (Å²) in [6.45, 7) is 2.63. The van der Waals surface area contributed by atoms with E-state index in [0.717, 1.165) is 17.0 Å². The Kier molecular flexibility index (Phi) is 6.83. The Labute approximate surface area is 147 Å². The molecule has 2 N–H and O–H groups in total. The summed E-state index contributed by atoms with van der Waals surface area (Å²) in [6.07, 6.45) is 0. The van der Waals surface area contributed by atoms with Crippen LogP contribution in [-0.2, 0) is 16.1 Å². The van der Waals surface area contributed by atoms with Gasteiger partial charge in [-0.2, -0.15) is 0 Å². The topological polar surface area (TPSA) is 76.7 Å². The van der Waals surface area contributed by atoms with E-state index in [9.17, 15) is 9.59 Å². The first-order valence-electron chi connectivity index (χ1n) is 8.03. The fourth-order valence-corrected chi connectivity index (χ4v) is 2.23. The molecule has 0 fully saturated rings. The summed E-state index contributed by atoms with van der Waals surface area (Å²) in [5.41, 5.74) is 2.14. The summed E-state index contributed by atoms with van der Waals surface area (Å²) in [5.74, 6) is 0.245. The minimum absolute atomic E-state index is 0.133. The number of anilines is 1. The lowest BCUT2D eigenvalue weighted by molar-refractivity contribution is -0.119. The van der Waals surface area contributed by atoms with Crippen LogP contribution in [0.2, 0.25) is 0 Å². The van der Waals surface area contributed by atoms with E-state index in [0.29, 0.717) is 18.7 Å². The molecule has 2 aromatic carbocycles. The normalized spacial score (nSPS) is 10.0. The summed E-state index contributed by atoms with van der Waals surface area (Å²) >= 11 is 0. The van der Waals surface area contributed by atoms with Crippen molar-refractivity contribution < 1.29 is 19.1 Å². The van der Waals surface area contributed by atoms with Crippen LogP contribution in [-0.4, -0.2) is 32.1 Å². The predicted molar refractivity (Wildman–Crippen MR) is 95.7 cm³/mol. The van der Waals surface area contributed by atoms with Crippen LogP contribution >= 0.6 is 0 Å². The number of methoxy groups -OCH3 is 1. The molecule has 0 aliphatic heterocycles. The molecule has 25 heavy (non-hydrogen) atoms. The highest BCUT2D eigenvalue weighted by Gasteiger charge is 2.07. The Morgan fingerprint density at radius 3 is 2.44 bits per heavy atom. The van der Waals surface area contributed by atoms with Crippen molar-refractivity contribution >= 4 is 17.6 Å². The summed E-state index contributed by atoms with van der Waals surface area (Å²) in [6, 6.07) is 14.3. The van der Waals surface area contributed by atoms with Crippen molar-refractivity contribution in [3.05, 3.63) is 59.7 Å². The van der Waals surface area contributed by atoms with Gasteiger partial charge in [-0.25, -0.2) is 4.79 Å². The van der Waals surface area contributed by atoms with Gasteiger partial charge in [0.2, 0.25) is 5.91 Å². The van der Waals surface area contributed by atoms with Crippen molar-refractivity contribution in [1.82, 2.24) is 5.32 Å². The van der Waals surface area contributed by atoms with Crippen molar-refractivity contribution in [3.63, 3.8) is 0 Å². The molecule has 2 rings (SSSR count). The van der Waals surface area contributed by atoms with E-state index in [2.05, 4.69) is 10.6 Å². The monoisotopic (exact) mass is 342 g/mol. The minimum atomic E-state index is -0.358. The Bertz CT molecular complexity index is 714. The summed E-state index contributed by atoms with van der Waals surface area (Å²) in [7, 11) is 1.60. The second-order valence-electron chi connectivity index (χ2n) is 5.24. The highest BCUT2D eigenvalue weighted by atomic mass is 16.5. The molecular formula is C19H22N2O4. The zero-order valence-electron chi connectivity index (χ0n) is 14.4. The number of benzene rings is 2. The van der Waals surface area contributed by atoms with Crippen molar-refractivity contribution in [2.45, 2.75) is 13.5 Å². The van der Waals surface area contributed by atoms with Crippen molar-refractivity contribution in [2.75, 3.05) is 25.6 Å². The Hall–Kier alpha value is -3.02. The lowest BCUT2D eigenvalue weighted by Crippen LogP contribution is -2.29. The molecule has 0 radical (unpaired) electrons. The number of esters is 1. The molecule has 0 spiro atoms. The standard InChI is InChI=1S/C19H22N2O4/c1-3-25-19(23)14-8-10-16(11-9-14)20-13-18(22)21-12-15-6-4-5-7-17(15)24-2/h4-11,20H,3,12-13H2,1-2H3,(H,21,22). The van der Waals surface area contributed by atoms with Crippen LogP contribution in [0.25, 0.3) is 0 Å². The van der Waals surface area contributed by atoms with Gasteiger partial charge in [-0.15, -0.1) is 0 Å². The van der Waals surface area contributed by atoms with Crippen LogP contribution in [0.4, 0.5) is 5.69 Å². The molecule has 0 saturated carbocycles. The maximum Gasteiger partial charge on any atom is 0.338 e. The fourth-order valence-electron chi connectivity index (χ4n) is 2.23. The van der Waals surface area contributed by atoms with Gasteiger partial charge in [0.05, 0.1) is 25.8 Å². The first kappa shape index (κ1) is 18.3. The van der Waals surface area contributed by atoms with Gasteiger partial charge < -0.3 is 20.1 Å². The van der Waals surface area contributed by atoms with E-state index in [1.54, 1.807) is 38.3 Å². The van der Waals surface area contributed by atoms with Crippen LogP contribution in [0, 0.1) is 0 Å². The number of hydrogen-bond acceptors (Lipinski definition) is 5. The molecule has 132 valence electrons. The summed E-state index contributed by atoms with van der Waals surface area (Å²) in [4.78, 5) is 23.5. The van der Waals surface area contributed by atoms with Crippen LogP contribution in [0.3, 0.4) is 0 Å². The van der Waals surface area contributed by atoms with E-state index in [-0.39, 0.29) is 18.4 Å². The van der Waals surface area contributed by atoms with Crippen LogP contribution < -0.4 is 15.4 Å². The van der Waals surface area contributed by atoms with E-state index in [1.165, 1.54) is 0 Å². The number of hydrogen-bond donors (Lipinski definition) is 2. The van der Waals surface area contributed by atoms with Gasteiger partial charge in [0.1, 0.15) is 5.75 Å². The van der Waals surface area contributed by atoms with Crippen LogP contribution in [0.15, 0.2) is 48.5 Å². The smallest absolute Gasteiger partial charge is 0.338 e. The number of rotatable bonds is 8. The maximum atomic E-state index is 12.0. The Morgan fingerprint density at radius 2 is 1.76 bits per heavy atom. The van der Waals surface area contributed by atoms with E-state index < -0.39 is 0 Å². The predicted octanol–water partition coefficient (Wildman–Crippen LogP) is 2.60. The molecule has 0 bridgehead atoms. The zero-order chi connectivity index (χ0) is 18.1. The average Bonchev–Trinajstić information content (AvgIpc) is 2.65. The average molecular weight is 342 g/mol. The van der Waals surface area contributed by atoms with Gasteiger partial charge in [-0.05, 0) is 37.3 Å². The number of carbonyl (C=O) groups is 2. The second kappa shape index (κ2) is 9.32. The number of para-hydroxylation sites is 1. The zero-order valence-corrected chi connectivity index (χ0v) is 14.4. The molecule has 1 amide bonds. The van der Waals surface area contributed by atoms with Crippen molar-refractivity contribution in [3.8, 4) is 5.75 Å². The van der Waals surface area contributed by atoms with Crippen LogP contribution in [0.5, 0.6) is 5.75 Å². The van der Waals surface area contributed by atoms with Crippen molar-refractivity contribution in [2.24, 2.45) is 0 Å². The SMILES string of the molecule is CCOC(=O)c1ccc(NCC(=O)NCc2ccccc2OC)cc1. The molecule has 0 heterocycles. The Balaban J connectivity index is 1.80. The molecule has 0 aliphatic carbocycles. The number of nitrogens with one attached hydrogen (secondary N) is 2. The molecule has 6 heteroatoms. The molecule has 0 aliphatic rings. The van der Waals surface area contributed by atoms with Crippen LogP contribution in [0.1, 0.15) is 22.8 Å². The van der Waals surface area contributed by atoms with Gasteiger partial charge in [-0.1, -0.05) is 18.2 Å². The first-order valence-corrected chi connectivity index (χ1v) is 8.03. The van der Waals surface area contributed by atoms with Crippen molar-refractivity contribution in [1.29, 1.82) is 0 Å². The van der Waals surface area contributed by atoms with Gasteiger partial charge in [0, 0.05) is 17.8 Å². The third-order valence-electron chi connectivity index (χ3n) is 3.52. The Morgan fingerprint density at radius 1 is 1.04 bits per heavy atom. The highest BCUT2D eigenvalue weighted by Crippen LogP contribution is 2.16. The highest BCUT2D eigenvalue weighted by molar-refractivity contribution is 5.90. The number of ether oxygens (including phenoxy) is 2. The summed E-state index contributed by atoms with van der Waals surface area (Å²) < 4.78 is 10.2. The van der Waals surface area contributed by atoms with E-state index >= 15 is 0 Å². The van der Waals surface area contributed by atoms with Gasteiger partial charge in [-0.3, -0.25) is 4.79 Å². The molecule has 0 atom stereocenters. The molecule has 0 aromatic heterocycles. The molecule has 6 nitrogen and oxygen atoms in total.